The maximum absolute atomic E-state index is 12.8. The lowest BCUT2D eigenvalue weighted by molar-refractivity contribution is -0.113. The number of aromatic nitrogens is 4. The van der Waals surface area contributed by atoms with Gasteiger partial charge in [-0.25, -0.2) is 0 Å². The van der Waals surface area contributed by atoms with Gasteiger partial charge in [-0.2, -0.15) is 4.68 Å². The molecule has 39 heavy (non-hydrogen) atoms. The number of thioether (sulfide) groups is 1. The number of hydrogen-bond acceptors (Lipinski definition) is 8. The van der Waals surface area contributed by atoms with Gasteiger partial charge in [0.2, 0.25) is 11.1 Å². The van der Waals surface area contributed by atoms with Crippen LogP contribution in [-0.2, 0) is 4.79 Å². The third-order valence-electron chi connectivity index (χ3n) is 6.24. The third-order valence-corrected chi connectivity index (χ3v) is 7.66. The van der Waals surface area contributed by atoms with E-state index in [-0.39, 0.29) is 17.6 Å². The summed E-state index contributed by atoms with van der Waals surface area (Å²) in [5.74, 6) is 0.786. The molecule has 200 valence electrons. The molecule has 1 fully saturated rings. The van der Waals surface area contributed by atoms with Crippen LogP contribution in [0.2, 0.25) is 0 Å². The van der Waals surface area contributed by atoms with Gasteiger partial charge in [0.15, 0.2) is 0 Å². The highest BCUT2D eigenvalue weighted by Crippen LogP contribution is 2.23. The number of piperazine rings is 1. The number of amides is 2. The van der Waals surface area contributed by atoms with Gasteiger partial charge < -0.3 is 19.9 Å². The molecule has 12 heteroatoms. The molecule has 1 saturated heterocycles. The number of hydrogen-bond donors (Lipinski definition) is 1. The van der Waals surface area contributed by atoms with E-state index in [0.29, 0.717) is 29.5 Å². The number of benzene rings is 3. The van der Waals surface area contributed by atoms with Crippen molar-refractivity contribution in [1.29, 1.82) is 0 Å². The second-order valence-corrected chi connectivity index (χ2v) is 10.6. The van der Waals surface area contributed by atoms with Crippen LogP contribution in [0.15, 0.2) is 82.4 Å². The molecule has 3 aromatic carbocycles. The molecule has 5 rings (SSSR count). The molecule has 1 N–H and O–H groups in total. The number of carbonyl (C=O) groups excluding carboxylic acids is 2. The van der Waals surface area contributed by atoms with Crippen molar-refractivity contribution in [2.45, 2.75) is 5.16 Å². The zero-order valence-corrected chi connectivity index (χ0v) is 23.6. The second kappa shape index (κ2) is 12.3. The number of tetrazole rings is 1. The molecule has 0 saturated carbocycles. The number of nitrogens with one attached hydrogen (secondary N) is 1. The molecule has 1 aromatic heterocycles. The summed E-state index contributed by atoms with van der Waals surface area (Å²) in [5, 5.41) is 15.2. The first-order valence-corrected chi connectivity index (χ1v) is 14.0. The van der Waals surface area contributed by atoms with Gasteiger partial charge in [-0.05, 0) is 77.2 Å². The Morgan fingerprint density at radius 2 is 1.69 bits per heavy atom. The lowest BCUT2D eigenvalue weighted by Crippen LogP contribution is -2.48. The molecular weight excluding hydrogens is 582 g/mol. The SMILES string of the molecule is COc1ccc(-n2nnnc2SCC(=O)Nc2ccc(N3CCN(C(=O)c4cccc(Br)c4)CC3)cc2)cc1. The highest BCUT2D eigenvalue weighted by molar-refractivity contribution is 9.10. The van der Waals surface area contributed by atoms with E-state index in [0.717, 1.165) is 34.7 Å². The van der Waals surface area contributed by atoms with Crippen LogP contribution < -0.4 is 15.0 Å². The summed E-state index contributed by atoms with van der Waals surface area (Å²) in [6.45, 7) is 2.78. The topological polar surface area (TPSA) is 105 Å². The number of anilines is 2. The molecule has 2 heterocycles. The first-order chi connectivity index (χ1) is 19.0. The van der Waals surface area contributed by atoms with Crippen molar-refractivity contribution >= 4 is 50.9 Å². The van der Waals surface area contributed by atoms with Gasteiger partial charge in [0.1, 0.15) is 5.75 Å². The van der Waals surface area contributed by atoms with Crippen molar-refractivity contribution in [2.24, 2.45) is 0 Å². The summed E-state index contributed by atoms with van der Waals surface area (Å²) < 4.78 is 7.66. The molecular formula is C27H26BrN7O3S. The van der Waals surface area contributed by atoms with Crippen LogP contribution in [0.4, 0.5) is 11.4 Å². The fourth-order valence-electron chi connectivity index (χ4n) is 4.21. The fraction of sp³-hybridized carbons (Fsp3) is 0.222. The summed E-state index contributed by atoms with van der Waals surface area (Å²) in [4.78, 5) is 29.5. The van der Waals surface area contributed by atoms with E-state index < -0.39 is 0 Å². The molecule has 10 nitrogen and oxygen atoms in total. The number of nitrogens with zero attached hydrogens (tertiary/aromatic N) is 6. The Hall–Kier alpha value is -3.90. The largest absolute Gasteiger partial charge is 0.497 e. The Kier molecular flexibility index (Phi) is 8.42. The molecule has 0 spiro atoms. The highest BCUT2D eigenvalue weighted by atomic mass is 79.9. The van der Waals surface area contributed by atoms with Crippen LogP contribution >= 0.6 is 27.7 Å². The Balaban J connectivity index is 1.11. The standard InChI is InChI=1S/C27H26BrN7O3S/c1-38-24-11-9-23(10-12-24)35-27(30-31-32-35)39-18-25(36)29-21-5-7-22(8-6-21)33-13-15-34(16-14-33)26(37)19-3-2-4-20(28)17-19/h2-12,17H,13-16,18H2,1H3,(H,29,36). The average Bonchev–Trinajstić information content (AvgIpc) is 3.45. The normalized spacial score (nSPS) is 13.3. The van der Waals surface area contributed by atoms with Gasteiger partial charge in [0, 0.05) is 47.6 Å². The van der Waals surface area contributed by atoms with Crippen LogP contribution in [0, 0.1) is 0 Å². The first-order valence-electron chi connectivity index (χ1n) is 12.3. The maximum atomic E-state index is 12.8. The third kappa shape index (κ3) is 6.58. The van der Waals surface area contributed by atoms with Crippen molar-refractivity contribution in [2.75, 3.05) is 49.3 Å². The number of ether oxygens (including phenoxy) is 1. The summed E-state index contributed by atoms with van der Waals surface area (Å²) >= 11 is 4.68. The predicted molar refractivity (Wildman–Crippen MR) is 154 cm³/mol. The molecule has 0 unspecified atom stereocenters. The van der Waals surface area contributed by atoms with E-state index in [1.54, 1.807) is 11.8 Å². The van der Waals surface area contributed by atoms with Crippen molar-refractivity contribution < 1.29 is 14.3 Å². The Labute approximate surface area is 238 Å². The molecule has 1 aliphatic rings. The molecule has 2 amide bonds. The van der Waals surface area contributed by atoms with Crippen LogP contribution in [0.3, 0.4) is 0 Å². The minimum atomic E-state index is -0.156. The van der Waals surface area contributed by atoms with E-state index in [1.165, 1.54) is 11.8 Å². The molecule has 0 aliphatic carbocycles. The van der Waals surface area contributed by atoms with E-state index in [9.17, 15) is 9.59 Å². The molecule has 0 radical (unpaired) electrons. The Morgan fingerprint density at radius 1 is 0.974 bits per heavy atom. The maximum Gasteiger partial charge on any atom is 0.254 e. The molecule has 4 aromatic rings. The van der Waals surface area contributed by atoms with Gasteiger partial charge in [-0.15, -0.1) is 5.10 Å². The quantitative estimate of drug-likeness (QED) is 0.298. The second-order valence-electron chi connectivity index (χ2n) is 8.74. The van der Waals surface area contributed by atoms with Gasteiger partial charge >= 0.3 is 0 Å². The summed E-state index contributed by atoms with van der Waals surface area (Å²) in [5.41, 5.74) is 3.23. The first kappa shape index (κ1) is 26.7. The lowest BCUT2D eigenvalue weighted by Gasteiger charge is -2.36. The monoisotopic (exact) mass is 607 g/mol. The number of halogens is 1. The van der Waals surface area contributed by atoms with E-state index in [1.807, 2.05) is 77.7 Å². The summed E-state index contributed by atoms with van der Waals surface area (Å²) in [6, 6.07) is 22.6. The van der Waals surface area contributed by atoms with Crippen molar-refractivity contribution in [3.8, 4) is 11.4 Å². The van der Waals surface area contributed by atoms with E-state index in [2.05, 4.69) is 41.7 Å². The van der Waals surface area contributed by atoms with Crippen molar-refractivity contribution in [1.82, 2.24) is 25.1 Å². The molecule has 1 aliphatic heterocycles. The van der Waals surface area contributed by atoms with Crippen molar-refractivity contribution in [3.05, 3.63) is 82.8 Å². The average molecular weight is 609 g/mol. The zero-order chi connectivity index (χ0) is 27.2. The van der Waals surface area contributed by atoms with Crippen LogP contribution in [0.1, 0.15) is 10.4 Å². The van der Waals surface area contributed by atoms with Gasteiger partial charge in [0.05, 0.1) is 18.6 Å². The smallest absolute Gasteiger partial charge is 0.254 e. The van der Waals surface area contributed by atoms with Gasteiger partial charge in [0.25, 0.3) is 5.91 Å². The van der Waals surface area contributed by atoms with Gasteiger partial charge in [-0.1, -0.05) is 33.8 Å². The summed E-state index contributed by atoms with van der Waals surface area (Å²) in [7, 11) is 1.61. The molecule has 0 atom stereocenters. The minimum Gasteiger partial charge on any atom is -0.497 e. The fourth-order valence-corrected chi connectivity index (χ4v) is 5.30. The zero-order valence-electron chi connectivity index (χ0n) is 21.2. The molecule has 0 bridgehead atoms. The number of carbonyl (C=O) groups is 2. The Morgan fingerprint density at radius 3 is 2.38 bits per heavy atom. The highest BCUT2D eigenvalue weighted by Gasteiger charge is 2.22. The number of rotatable bonds is 8. The van der Waals surface area contributed by atoms with Crippen LogP contribution in [0.5, 0.6) is 5.75 Å². The van der Waals surface area contributed by atoms with Crippen LogP contribution in [0.25, 0.3) is 5.69 Å². The van der Waals surface area contributed by atoms with Crippen LogP contribution in [-0.4, -0.2) is 76.0 Å². The van der Waals surface area contributed by atoms with E-state index >= 15 is 0 Å². The van der Waals surface area contributed by atoms with Gasteiger partial charge in [-0.3, -0.25) is 9.59 Å². The minimum absolute atomic E-state index is 0.0462. The summed E-state index contributed by atoms with van der Waals surface area (Å²) in [6.07, 6.45) is 0. The van der Waals surface area contributed by atoms with E-state index in [4.69, 9.17) is 4.74 Å². The number of methoxy groups -OCH3 is 1. The Bertz CT molecular complexity index is 1440. The predicted octanol–water partition coefficient (Wildman–Crippen LogP) is 4.13. The lowest BCUT2D eigenvalue weighted by atomic mass is 10.1. The van der Waals surface area contributed by atoms with Crippen molar-refractivity contribution in [3.63, 3.8) is 0 Å².